The number of aldehydes is 1. The van der Waals surface area contributed by atoms with E-state index in [4.69, 9.17) is 9.47 Å². The van der Waals surface area contributed by atoms with Crippen molar-refractivity contribution in [2.45, 2.75) is 25.7 Å². The molecule has 0 atom stereocenters. The fourth-order valence-electron chi connectivity index (χ4n) is 3.51. The van der Waals surface area contributed by atoms with Crippen LogP contribution in [0.4, 0.5) is 0 Å². The van der Waals surface area contributed by atoms with Gasteiger partial charge in [-0.1, -0.05) is 6.07 Å². The quantitative estimate of drug-likeness (QED) is 0.700. The van der Waals surface area contributed by atoms with Crippen LogP contribution in [0, 0.1) is 0 Å². The molecule has 22 heavy (non-hydrogen) atoms. The third-order valence-electron chi connectivity index (χ3n) is 4.50. The smallest absolute Gasteiger partial charge is 0.150 e. The average Bonchev–Trinajstić information content (AvgIpc) is 2.57. The van der Waals surface area contributed by atoms with Crippen LogP contribution in [0.3, 0.4) is 0 Å². The van der Waals surface area contributed by atoms with Gasteiger partial charge in [-0.05, 0) is 58.5 Å². The predicted molar refractivity (Wildman–Crippen MR) is 89.6 cm³/mol. The number of carbonyl (C=O) groups excluding carboxylic acids is 1. The lowest BCUT2D eigenvalue weighted by Crippen LogP contribution is -2.11. The van der Waals surface area contributed by atoms with E-state index in [1.54, 1.807) is 7.11 Å². The van der Waals surface area contributed by atoms with Gasteiger partial charge in [0.05, 0.1) is 11.6 Å². The van der Waals surface area contributed by atoms with Crippen LogP contribution in [0.15, 0.2) is 28.4 Å². The summed E-state index contributed by atoms with van der Waals surface area (Å²) < 4.78 is 12.5. The van der Waals surface area contributed by atoms with E-state index >= 15 is 0 Å². The summed E-state index contributed by atoms with van der Waals surface area (Å²) >= 11 is 3.55. The first-order chi connectivity index (χ1) is 10.7. The van der Waals surface area contributed by atoms with Gasteiger partial charge in [0, 0.05) is 22.8 Å². The maximum atomic E-state index is 11.5. The monoisotopic (exact) mass is 358 g/mol. The lowest BCUT2D eigenvalue weighted by atomic mass is 9.86. The molecule has 0 saturated heterocycles. The predicted octanol–water partition coefficient (Wildman–Crippen LogP) is 5.10. The van der Waals surface area contributed by atoms with Crippen LogP contribution < -0.4 is 9.47 Å². The SMILES string of the molecule is COc1ccc2c3c(c(Br)cc(C=O)c13)OC1=C2CCCC1. The van der Waals surface area contributed by atoms with Gasteiger partial charge in [-0.3, -0.25) is 4.79 Å². The first kappa shape index (κ1) is 13.8. The Labute approximate surface area is 137 Å². The lowest BCUT2D eigenvalue weighted by Gasteiger charge is -2.29. The van der Waals surface area contributed by atoms with Gasteiger partial charge in [-0.2, -0.15) is 0 Å². The van der Waals surface area contributed by atoms with Gasteiger partial charge < -0.3 is 9.47 Å². The zero-order valence-electron chi connectivity index (χ0n) is 12.2. The molecule has 0 amide bonds. The second-order valence-electron chi connectivity index (χ2n) is 5.67. The molecule has 0 radical (unpaired) electrons. The van der Waals surface area contributed by atoms with Crippen molar-refractivity contribution in [3.8, 4) is 11.5 Å². The highest BCUT2D eigenvalue weighted by atomic mass is 79.9. The fourth-order valence-corrected chi connectivity index (χ4v) is 4.04. The molecule has 3 nitrogen and oxygen atoms in total. The summed E-state index contributed by atoms with van der Waals surface area (Å²) in [5, 5.41) is 1.82. The molecule has 2 aromatic rings. The summed E-state index contributed by atoms with van der Waals surface area (Å²) in [5.41, 5.74) is 3.07. The number of halogens is 1. The minimum atomic E-state index is 0.618. The van der Waals surface area contributed by atoms with Gasteiger partial charge in [0.15, 0.2) is 6.29 Å². The maximum Gasteiger partial charge on any atom is 0.150 e. The average molecular weight is 359 g/mol. The van der Waals surface area contributed by atoms with E-state index in [2.05, 4.69) is 22.0 Å². The summed E-state index contributed by atoms with van der Waals surface area (Å²) in [6.07, 6.45) is 5.22. The van der Waals surface area contributed by atoms with Crippen molar-refractivity contribution < 1.29 is 14.3 Å². The molecule has 0 aromatic heterocycles. The van der Waals surface area contributed by atoms with Crippen molar-refractivity contribution in [3.05, 3.63) is 39.6 Å². The molecule has 0 unspecified atom stereocenters. The second-order valence-corrected chi connectivity index (χ2v) is 6.53. The number of fused-ring (bicyclic) bond motifs is 1. The van der Waals surface area contributed by atoms with Crippen molar-refractivity contribution >= 4 is 38.6 Å². The summed E-state index contributed by atoms with van der Waals surface area (Å²) in [5.74, 6) is 2.58. The summed E-state index contributed by atoms with van der Waals surface area (Å²) in [4.78, 5) is 11.5. The Morgan fingerprint density at radius 3 is 2.82 bits per heavy atom. The Hall–Kier alpha value is -1.81. The zero-order chi connectivity index (χ0) is 15.3. The highest BCUT2D eigenvalue weighted by Crippen LogP contribution is 2.50. The van der Waals surface area contributed by atoms with E-state index in [9.17, 15) is 4.79 Å². The van der Waals surface area contributed by atoms with E-state index in [-0.39, 0.29) is 0 Å². The Kier molecular flexibility index (Phi) is 3.22. The fraction of sp³-hybridized carbons (Fsp3) is 0.278. The van der Waals surface area contributed by atoms with E-state index < -0.39 is 0 Å². The van der Waals surface area contributed by atoms with Crippen molar-refractivity contribution in [3.63, 3.8) is 0 Å². The van der Waals surface area contributed by atoms with Gasteiger partial charge in [0.1, 0.15) is 17.3 Å². The van der Waals surface area contributed by atoms with Gasteiger partial charge in [-0.15, -0.1) is 0 Å². The molecule has 0 fully saturated rings. The van der Waals surface area contributed by atoms with E-state index in [1.807, 2.05) is 12.1 Å². The number of rotatable bonds is 2. The molecule has 0 spiro atoms. The zero-order valence-corrected chi connectivity index (χ0v) is 13.8. The largest absolute Gasteiger partial charge is 0.496 e. The van der Waals surface area contributed by atoms with Crippen molar-refractivity contribution in [1.29, 1.82) is 0 Å². The third-order valence-corrected chi connectivity index (χ3v) is 5.09. The summed E-state index contributed by atoms with van der Waals surface area (Å²) in [7, 11) is 1.63. The molecule has 1 heterocycles. The molecule has 112 valence electrons. The minimum absolute atomic E-state index is 0.618. The van der Waals surface area contributed by atoms with Crippen LogP contribution in [0.1, 0.15) is 41.6 Å². The molecular weight excluding hydrogens is 344 g/mol. The molecule has 0 N–H and O–H groups in total. The minimum Gasteiger partial charge on any atom is -0.496 e. The van der Waals surface area contributed by atoms with Gasteiger partial charge in [0.2, 0.25) is 0 Å². The van der Waals surface area contributed by atoms with E-state index in [0.29, 0.717) is 11.3 Å². The number of carbonyl (C=O) groups is 1. The van der Waals surface area contributed by atoms with Crippen molar-refractivity contribution in [2.75, 3.05) is 7.11 Å². The second kappa shape index (κ2) is 5.13. The third kappa shape index (κ3) is 1.83. The van der Waals surface area contributed by atoms with E-state index in [0.717, 1.165) is 52.3 Å². The molecular formula is C18H15BrO3. The topological polar surface area (TPSA) is 35.5 Å². The molecule has 0 bridgehead atoms. The number of hydrogen-bond donors (Lipinski definition) is 0. The standard InChI is InChI=1S/C18H15BrO3/c1-21-15-7-6-12-11-4-2-3-5-14(11)22-18-13(19)8-10(9-20)16(15)17(12)18/h6-9H,2-5H2,1H3. The molecule has 4 rings (SSSR count). The van der Waals surface area contributed by atoms with Gasteiger partial charge in [-0.25, -0.2) is 0 Å². The van der Waals surface area contributed by atoms with Crippen LogP contribution in [0.2, 0.25) is 0 Å². The summed E-state index contributed by atoms with van der Waals surface area (Å²) in [6.45, 7) is 0. The number of ether oxygens (including phenoxy) is 2. The van der Waals surface area contributed by atoms with Crippen molar-refractivity contribution in [1.82, 2.24) is 0 Å². The van der Waals surface area contributed by atoms with Crippen LogP contribution >= 0.6 is 15.9 Å². The Morgan fingerprint density at radius 2 is 2.05 bits per heavy atom. The van der Waals surface area contributed by atoms with E-state index in [1.165, 1.54) is 17.6 Å². The maximum absolute atomic E-state index is 11.5. The van der Waals surface area contributed by atoms with Gasteiger partial charge >= 0.3 is 0 Å². The number of hydrogen-bond acceptors (Lipinski definition) is 3. The highest BCUT2D eigenvalue weighted by molar-refractivity contribution is 9.10. The van der Waals surface area contributed by atoms with Crippen LogP contribution in [-0.2, 0) is 0 Å². The Morgan fingerprint density at radius 1 is 1.23 bits per heavy atom. The molecule has 2 aromatic carbocycles. The lowest BCUT2D eigenvalue weighted by molar-refractivity contribution is 0.112. The highest BCUT2D eigenvalue weighted by Gasteiger charge is 2.28. The van der Waals surface area contributed by atoms with Crippen LogP contribution in [-0.4, -0.2) is 13.4 Å². The first-order valence-electron chi connectivity index (χ1n) is 7.43. The normalized spacial score (nSPS) is 16.3. The Balaban J connectivity index is 2.15. The number of benzene rings is 2. The number of allylic oxidation sites excluding steroid dienone is 2. The molecule has 1 aliphatic heterocycles. The first-order valence-corrected chi connectivity index (χ1v) is 8.22. The van der Waals surface area contributed by atoms with Crippen LogP contribution in [0.25, 0.3) is 16.3 Å². The van der Waals surface area contributed by atoms with Gasteiger partial charge in [0.25, 0.3) is 0 Å². The summed E-state index contributed by atoms with van der Waals surface area (Å²) in [6, 6.07) is 5.85. The number of methoxy groups -OCH3 is 1. The molecule has 0 saturated carbocycles. The Bertz CT molecular complexity index is 836. The van der Waals surface area contributed by atoms with Crippen LogP contribution in [0.5, 0.6) is 11.5 Å². The molecule has 4 heteroatoms. The molecule has 1 aliphatic carbocycles. The molecule has 2 aliphatic rings. The van der Waals surface area contributed by atoms with Crippen molar-refractivity contribution in [2.24, 2.45) is 0 Å².